The van der Waals surface area contributed by atoms with Crippen LogP contribution in [-0.4, -0.2) is 34.5 Å². The summed E-state index contributed by atoms with van der Waals surface area (Å²) in [5.74, 6) is 1.36. The smallest absolute Gasteiger partial charge is 0.160 e. The second-order valence-electron chi connectivity index (χ2n) is 29.1. The summed E-state index contributed by atoms with van der Waals surface area (Å²) in [6, 6.07) is 140. The number of nitrogens with zero attached hydrogens (tertiary/aromatic N) is 7. The van der Waals surface area contributed by atoms with E-state index in [4.69, 9.17) is 29.9 Å². The molecule has 0 aliphatic rings. The standard InChI is InChI=1S/C57H35N3S.C49H30N4S/c1-2-13-36(14-3-1)45-19-6-7-20-47(45)52-35-51(43-17-12-16-40(34-43)41-31-32-46-42(33-41)30-25-37-15-4-5-18-44(37)46)59-57(60-52)39-28-26-38(27-29-39)55-56-54(48-21-8-10-23-50(48)58-55)49-22-9-11-24-53(49)61-56;1-2-12-31(13-3-1)41-30-42(51-48(50-41)34-26-28-35(29-27-34)53-43-19-9-6-14-36(43)37-15-7-10-20-44(37)53)32-22-24-33(25-23-32)47-39-17-5-4-16-38(39)46-40-18-8-11-21-45(40)54-49(46)52-47/h1-35H;1-30H. The summed E-state index contributed by atoms with van der Waals surface area (Å²) in [6.45, 7) is 0. The van der Waals surface area contributed by atoms with Crippen molar-refractivity contribution < 1.29 is 0 Å². The molecule has 0 saturated heterocycles. The van der Waals surface area contributed by atoms with Crippen LogP contribution < -0.4 is 0 Å². The highest BCUT2D eigenvalue weighted by Gasteiger charge is 2.22. The minimum absolute atomic E-state index is 0.670. The average Bonchev–Trinajstić information content (AvgIpc) is 1.62. The van der Waals surface area contributed by atoms with Crippen molar-refractivity contribution in [1.82, 2.24) is 34.5 Å². The summed E-state index contributed by atoms with van der Waals surface area (Å²) >= 11 is 3.57. The zero-order valence-electron chi connectivity index (χ0n) is 62.0. The molecule has 7 heterocycles. The summed E-state index contributed by atoms with van der Waals surface area (Å²) in [4.78, 5) is 32.5. The summed E-state index contributed by atoms with van der Waals surface area (Å²) in [6.07, 6.45) is 0. The quantitative estimate of drug-likeness (QED) is 0.120. The molecule has 7 aromatic heterocycles. The van der Waals surface area contributed by atoms with Crippen LogP contribution in [-0.2, 0) is 0 Å². The van der Waals surface area contributed by atoms with Gasteiger partial charge >= 0.3 is 0 Å². The normalized spacial score (nSPS) is 11.7. The Labute approximate surface area is 670 Å². The van der Waals surface area contributed by atoms with E-state index < -0.39 is 0 Å². The van der Waals surface area contributed by atoms with Crippen molar-refractivity contribution in [3.05, 3.63) is 394 Å². The minimum Gasteiger partial charge on any atom is -0.309 e. The Balaban J connectivity index is 0.000000141. The summed E-state index contributed by atoms with van der Waals surface area (Å²) in [5, 5.41) is 16.1. The van der Waals surface area contributed by atoms with Crippen LogP contribution in [0.1, 0.15) is 0 Å². The Kier molecular flexibility index (Phi) is 16.5. The van der Waals surface area contributed by atoms with Gasteiger partial charge in [-0.3, -0.25) is 0 Å². The van der Waals surface area contributed by atoms with E-state index in [9.17, 15) is 0 Å². The van der Waals surface area contributed by atoms with Crippen molar-refractivity contribution in [1.29, 1.82) is 0 Å². The van der Waals surface area contributed by atoms with E-state index in [1.54, 1.807) is 11.3 Å². The van der Waals surface area contributed by atoms with Crippen molar-refractivity contribution in [3.63, 3.8) is 0 Å². The highest BCUT2D eigenvalue weighted by atomic mass is 32.1. The number of thiophene rings is 2. The molecule has 0 saturated carbocycles. The Bertz CT molecular complexity index is 7710. The number of benzene rings is 16. The van der Waals surface area contributed by atoms with E-state index in [-0.39, 0.29) is 0 Å². The third-order valence-electron chi connectivity index (χ3n) is 22.3. The topological polar surface area (TPSA) is 82.3 Å². The zero-order valence-corrected chi connectivity index (χ0v) is 63.6. The third kappa shape index (κ3) is 12.0. The molecule has 536 valence electrons. The van der Waals surface area contributed by atoms with Gasteiger partial charge in [-0.25, -0.2) is 29.9 Å². The molecule has 0 aliphatic carbocycles. The number of fused-ring (bicyclic) bond motifs is 16. The van der Waals surface area contributed by atoms with Gasteiger partial charge in [0, 0.05) is 103 Å². The number of rotatable bonds is 11. The van der Waals surface area contributed by atoms with Gasteiger partial charge in [0.05, 0.1) is 55.4 Å². The second kappa shape index (κ2) is 28.2. The average molecular weight is 1500 g/mol. The van der Waals surface area contributed by atoms with Crippen LogP contribution in [0.3, 0.4) is 0 Å². The van der Waals surface area contributed by atoms with E-state index in [2.05, 4.69) is 393 Å². The summed E-state index contributed by atoms with van der Waals surface area (Å²) < 4.78 is 6.05. The van der Waals surface area contributed by atoms with Gasteiger partial charge in [-0.05, 0) is 128 Å². The van der Waals surface area contributed by atoms with E-state index >= 15 is 0 Å². The van der Waals surface area contributed by atoms with Gasteiger partial charge in [0.25, 0.3) is 0 Å². The third-order valence-corrected chi connectivity index (χ3v) is 24.6. The van der Waals surface area contributed by atoms with Gasteiger partial charge < -0.3 is 4.57 Å². The largest absolute Gasteiger partial charge is 0.309 e. The van der Waals surface area contributed by atoms with Crippen molar-refractivity contribution in [2.45, 2.75) is 0 Å². The molecule has 0 amide bonds. The SMILES string of the molecule is c1ccc(-c2cc(-c3ccc(-c4nc5sc6ccccc6c5c5ccccc45)cc3)nc(-c3ccc(-n4c5ccccc5c5ccccc54)cc3)n2)cc1.c1ccc(-c2ccccc2-c2cc(-c3cccc(-c4ccc5c(ccc6ccccc65)c4)c3)nc(-c3ccc(-c4nc5ccccc5c5c4sc4ccccc45)cc3)n2)cc1. The van der Waals surface area contributed by atoms with Gasteiger partial charge in [0.1, 0.15) is 4.83 Å². The second-order valence-corrected chi connectivity index (χ2v) is 31.2. The Morgan fingerprint density at radius 1 is 0.217 bits per heavy atom. The Morgan fingerprint density at radius 3 is 1.37 bits per heavy atom. The van der Waals surface area contributed by atoms with Crippen molar-refractivity contribution >= 4 is 128 Å². The fourth-order valence-electron chi connectivity index (χ4n) is 16.8. The number of para-hydroxylation sites is 3. The van der Waals surface area contributed by atoms with Crippen LogP contribution in [0.4, 0.5) is 0 Å². The molecule has 115 heavy (non-hydrogen) atoms. The molecular formula is C106H65N7S2. The van der Waals surface area contributed by atoms with Gasteiger partial charge in [0.2, 0.25) is 0 Å². The molecule has 0 unspecified atom stereocenters. The molecular weight excluding hydrogens is 1440 g/mol. The predicted octanol–water partition coefficient (Wildman–Crippen LogP) is 28.9. The highest BCUT2D eigenvalue weighted by Crippen LogP contribution is 2.46. The van der Waals surface area contributed by atoms with E-state index in [1.165, 1.54) is 95.3 Å². The van der Waals surface area contributed by atoms with Crippen LogP contribution >= 0.6 is 22.7 Å². The molecule has 0 atom stereocenters. The Morgan fingerprint density at radius 2 is 0.670 bits per heavy atom. The molecule has 9 heteroatoms. The van der Waals surface area contributed by atoms with Gasteiger partial charge in [-0.1, -0.05) is 315 Å². The molecule has 0 radical (unpaired) electrons. The fourth-order valence-corrected chi connectivity index (χ4v) is 19.1. The van der Waals surface area contributed by atoms with Crippen molar-refractivity contribution in [2.24, 2.45) is 0 Å². The number of pyridine rings is 2. The van der Waals surface area contributed by atoms with Crippen molar-refractivity contribution in [2.75, 3.05) is 0 Å². The number of hydrogen-bond acceptors (Lipinski definition) is 8. The van der Waals surface area contributed by atoms with Crippen LogP contribution in [0.25, 0.3) is 224 Å². The first-order valence-electron chi connectivity index (χ1n) is 38.7. The number of hydrogen-bond donors (Lipinski definition) is 0. The van der Waals surface area contributed by atoms with E-state index in [0.717, 1.165) is 117 Å². The number of aromatic nitrogens is 7. The van der Waals surface area contributed by atoms with Crippen LogP contribution in [0.2, 0.25) is 0 Å². The lowest BCUT2D eigenvalue weighted by molar-refractivity contribution is 1.16. The van der Waals surface area contributed by atoms with Crippen LogP contribution in [0.15, 0.2) is 394 Å². The Hall–Kier alpha value is -14.7. The molecule has 7 nitrogen and oxygen atoms in total. The molecule has 0 N–H and O–H groups in total. The van der Waals surface area contributed by atoms with Gasteiger partial charge in [-0.2, -0.15) is 0 Å². The maximum absolute atomic E-state index is 5.32. The van der Waals surface area contributed by atoms with E-state index in [1.807, 2.05) is 17.4 Å². The molecule has 0 spiro atoms. The maximum atomic E-state index is 5.32. The first-order valence-corrected chi connectivity index (χ1v) is 40.3. The maximum Gasteiger partial charge on any atom is 0.160 e. The van der Waals surface area contributed by atoms with Crippen LogP contribution in [0, 0.1) is 0 Å². The van der Waals surface area contributed by atoms with E-state index in [0.29, 0.717) is 11.6 Å². The highest BCUT2D eigenvalue weighted by molar-refractivity contribution is 7.26. The first-order chi connectivity index (χ1) is 57.0. The molecule has 0 bridgehead atoms. The monoisotopic (exact) mass is 1500 g/mol. The fraction of sp³-hybridized carbons (Fsp3) is 0. The molecule has 0 aliphatic heterocycles. The molecule has 16 aromatic carbocycles. The van der Waals surface area contributed by atoms with Crippen LogP contribution in [0.5, 0.6) is 0 Å². The molecule has 23 rings (SSSR count). The summed E-state index contributed by atoms with van der Waals surface area (Å²) in [7, 11) is 0. The molecule has 0 fully saturated rings. The lowest BCUT2D eigenvalue weighted by Gasteiger charge is -2.14. The first kappa shape index (κ1) is 67.2. The molecule has 23 aromatic rings. The van der Waals surface area contributed by atoms with Gasteiger partial charge in [-0.15, -0.1) is 22.7 Å². The summed E-state index contributed by atoms with van der Waals surface area (Å²) in [5.41, 5.74) is 22.7. The lowest BCUT2D eigenvalue weighted by atomic mass is 9.95. The van der Waals surface area contributed by atoms with Gasteiger partial charge in [0.15, 0.2) is 11.6 Å². The van der Waals surface area contributed by atoms with Crippen molar-refractivity contribution in [3.8, 4) is 118 Å². The minimum atomic E-state index is 0.670. The lowest BCUT2D eigenvalue weighted by Crippen LogP contribution is -1.97. The predicted molar refractivity (Wildman–Crippen MR) is 484 cm³/mol. The zero-order chi connectivity index (χ0) is 75.9.